The number of nitriles is 1. The highest BCUT2D eigenvalue weighted by atomic mass is 15.3. The van der Waals surface area contributed by atoms with Gasteiger partial charge in [0.15, 0.2) is 0 Å². The molecule has 1 fully saturated rings. The molecule has 0 radical (unpaired) electrons. The summed E-state index contributed by atoms with van der Waals surface area (Å²) in [6, 6.07) is 19.9. The average Bonchev–Trinajstić information content (AvgIpc) is 3.20. The van der Waals surface area contributed by atoms with Crippen molar-refractivity contribution in [1.82, 2.24) is 4.98 Å². The smallest absolute Gasteiger partial charge is 0.250 e. The zero-order valence-corrected chi connectivity index (χ0v) is 19.9. The van der Waals surface area contributed by atoms with Gasteiger partial charge in [-0.2, -0.15) is 9.66 Å². The number of nitrogens with zero attached hydrogens (tertiary/aromatic N) is 3. The van der Waals surface area contributed by atoms with Crippen LogP contribution in [0, 0.1) is 25.2 Å². The number of imidazole rings is 1. The Hall–Kier alpha value is -3.36. The largest absolute Gasteiger partial charge is 0.326 e. The van der Waals surface area contributed by atoms with E-state index in [2.05, 4.69) is 83.6 Å². The highest BCUT2D eigenvalue weighted by Gasteiger charge is 2.29. The van der Waals surface area contributed by atoms with Gasteiger partial charge in [0.1, 0.15) is 55.4 Å². The fourth-order valence-electron chi connectivity index (χ4n) is 5.30. The second-order valence-electron chi connectivity index (χ2n) is 9.43. The summed E-state index contributed by atoms with van der Waals surface area (Å²) in [6.45, 7) is 11.9. The normalized spacial score (nSPS) is 14.8. The van der Waals surface area contributed by atoms with Crippen molar-refractivity contribution in [2.45, 2.75) is 40.2 Å². The van der Waals surface area contributed by atoms with Crippen molar-refractivity contribution < 1.29 is 9.30 Å². The molecule has 168 valence electrons. The molecule has 4 aromatic rings. The highest BCUT2D eigenvalue weighted by molar-refractivity contribution is 5.77. The van der Waals surface area contributed by atoms with Gasteiger partial charge in [-0.3, -0.25) is 9.88 Å². The number of benzene rings is 2. The zero-order valence-electron chi connectivity index (χ0n) is 19.9. The summed E-state index contributed by atoms with van der Waals surface area (Å²) >= 11 is 0. The number of quaternary nitrogens is 1. The fourth-order valence-corrected chi connectivity index (χ4v) is 5.30. The lowest BCUT2D eigenvalue weighted by atomic mass is 10.0. The van der Waals surface area contributed by atoms with Crippen molar-refractivity contribution >= 4 is 22.5 Å². The van der Waals surface area contributed by atoms with Crippen LogP contribution < -0.4 is 14.2 Å². The first-order chi connectivity index (χ1) is 16.1. The summed E-state index contributed by atoms with van der Waals surface area (Å²) < 4.78 is 2.27. The number of fused-ring (bicyclic) bond motifs is 3. The van der Waals surface area contributed by atoms with Gasteiger partial charge >= 0.3 is 0 Å². The van der Waals surface area contributed by atoms with Gasteiger partial charge in [-0.15, -0.1) is 0 Å². The van der Waals surface area contributed by atoms with Crippen molar-refractivity contribution in [3.63, 3.8) is 0 Å². The van der Waals surface area contributed by atoms with Gasteiger partial charge in [-0.25, -0.2) is 0 Å². The minimum Gasteiger partial charge on any atom is -0.326 e. The molecule has 3 heterocycles. The van der Waals surface area contributed by atoms with Crippen LogP contribution in [0.4, 0.5) is 5.82 Å². The molecule has 1 aliphatic heterocycles. The summed E-state index contributed by atoms with van der Waals surface area (Å²) in [7, 11) is 0. The van der Waals surface area contributed by atoms with E-state index in [1.165, 1.54) is 22.5 Å². The molecule has 1 aliphatic rings. The molecule has 2 aromatic heterocycles. The molecule has 0 unspecified atom stereocenters. The van der Waals surface area contributed by atoms with E-state index in [9.17, 15) is 5.26 Å². The Bertz CT molecular complexity index is 1350. The van der Waals surface area contributed by atoms with Gasteiger partial charge in [0, 0.05) is 11.6 Å². The Morgan fingerprint density at radius 1 is 1.06 bits per heavy atom. The number of para-hydroxylation sites is 2. The van der Waals surface area contributed by atoms with Gasteiger partial charge in [-0.05, 0) is 43.5 Å². The molecule has 5 heteroatoms. The number of hydrogen-bond donors (Lipinski definition) is 2. The average molecular weight is 440 g/mol. The number of piperazine rings is 1. The monoisotopic (exact) mass is 439 g/mol. The Kier molecular flexibility index (Phi) is 5.78. The van der Waals surface area contributed by atoms with Crippen LogP contribution in [0.15, 0.2) is 48.5 Å². The van der Waals surface area contributed by atoms with E-state index in [0.717, 1.165) is 73.4 Å². The Labute approximate surface area is 195 Å². The lowest BCUT2D eigenvalue weighted by Gasteiger charge is -2.31. The highest BCUT2D eigenvalue weighted by Crippen LogP contribution is 2.24. The number of rotatable bonds is 5. The van der Waals surface area contributed by atoms with Crippen LogP contribution >= 0.6 is 0 Å². The molecule has 33 heavy (non-hydrogen) atoms. The lowest BCUT2D eigenvalue weighted by Crippen LogP contribution is -3.13. The Balaban J connectivity index is 1.48. The summed E-state index contributed by atoms with van der Waals surface area (Å²) in [5.41, 5.74) is 9.24. The molecule has 5 rings (SSSR count). The zero-order chi connectivity index (χ0) is 22.9. The number of aromatic nitrogens is 2. The maximum Gasteiger partial charge on any atom is 0.250 e. The number of aryl methyl sites for hydroxylation is 3. The van der Waals surface area contributed by atoms with E-state index in [-0.39, 0.29) is 0 Å². The predicted octanol–water partition coefficient (Wildman–Crippen LogP) is 3.25. The first-order valence-corrected chi connectivity index (χ1v) is 12.1. The molecule has 0 aliphatic carbocycles. The van der Waals surface area contributed by atoms with Crippen molar-refractivity contribution in [2.75, 3.05) is 31.1 Å². The predicted molar refractivity (Wildman–Crippen MR) is 133 cm³/mol. The number of aromatic amines is 1. The van der Waals surface area contributed by atoms with Crippen LogP contribution in [0.2, 0.25) is 0 Å². The topological polar surface area (TPSA) is 51.4 Å². The molecule has 5 nitrogen and oxygen atoms in total. The van der Waals surface area contributed by atoms with E-state index < -0.39 is 0 Å². The molecule has 0 amide bonds. The second kappa shape index (κ2) is 8.88. The minimum atomic E-state index is 0.774. The van der Waals surface area contributed by atoms with Gasteiger partial charge in [-0.1, -0.05) is 49.2 Å². The molecule has 0 bridgehead atoms. The van der Waals surface area contributed by atoms with Crippen molar-refractivity contribution in [3.8, 4) is 6.07 Å². The third-order valence-electron chi connectivity index (χ3n) is 7.08. The molecule has 2 aromatic carbocycles. The molecular formula is C28H33N5+2. The second-order valence-corrected chi connectivity index (χ2v) is 9.43. The van der Waals surface area contributed by atoms with Gasteiger partial charge in [0.05, 0.1) is 0 Å². The van der Waals surface area contributed by atoms with Gasteiger partial charge in [0.2, 0.25) is 11.5 Å². The number of hydrogen-bond acceptors (Lipinski definition) is 2. The molecule has 0 saturated carbocycles. The number of pyridine rings is 1. The number of nitrogens with one attached hydrogen (secondary N) is 2. The first-order valence-electron chi connectivity index (χ1n) is 12.1. The summed E-state index contributed by atoms with van der Waals surface area (Å²) in [4.78, 5) is 7.69. The van der Waals surface area contributed by atoms with E-state index in [1.807, 2.05) is 6.07 Å². The van der Waals surface area contributed by atoms with Gasteiger partial charge < -0.3 is 4.90 Å². The Morgan fingerprint density at radius 3 is 2.58 bits per heavy atom. The summed E-state index contributed by atoms with van der Waals surface area (Å²) in [6.07, 6.45) is 1.94. The maximum absolute atomic E-state index is 9.98. The van der Waals surface area contributed by atoms with Crippen LogP contribution in [0.3, 0.4) is 0 Å². The molecule has 1 saturated heterocycles. The fraction of sp³-hybridized carbons (Fsp3) is 0.357. The van der Waals surface area contributed by atoms with E-state index in [0.29, 0.717) is 0 Å². The quantitative estimate of drug-likeness (QED) is 0.469. The molecule has 2 N–H and O–H groups in total. The van der Waals surface area contributed by atoms with E-state index in [1.54, 1.807) is 4.90 Å². The SMILES string of the molecule is CCCc1cc(N2CC[NH+](Cc3ccc(C)cc3C)CC2)[n+]2c([nH]c3ccccc32)c1C#N. The number of anilines is 1. The summed E-state index contributed by atoms with van der Waals surface area (Å²) in [5, 5.41) is 9.98. The van der Waals surface area contributed by atoms with Crippen molar-refractivity contribution in [1.29, 1.82) is 5.26 Å². The molecule has 0 spiro atoms. The molecule has 0 atom stereocenters. The third kappa shape index (κ3) is 3.96. The standard InChI is InChI=1S/C28H31N5/c1-4-7-22-17-27(33-26-9-6-5-8-25(26)30-28(33)24(22)18-29)32-14-12-31(13-15-32)19-23-11-10-20(2)16-21(23)3/h5-6,8-11,16-17H,4,7,12-15,19H2,1-3H3/p+2. The van der Waals surface area contributed by atoms with Crippen LogP contribution in [0.25, 0.3) is 16.7 Å². The van der Waals surface area contributed by atoms with E-state index in [4.69, 9.17) is 0 Å². The van der Waals surface area contributed by atoms with Crippen LogP contribution in [-0.2, 0) is 13.0 Å². The summed E-state index contributed by atoms with van der Waals surface area (Å²) in [5.74, 6) is 1.20. The van der Waals surface area contributed by atoms with Crippen LogP contribution in [-0.4, -0.2) is 31.2 Å². The van der Waals surface area contributed by atoms with Crippen LogP contribution in [0.1, 0.15) is 41.2 Å². The van der Waals surface area contributed by atoms with Crippen LogP contribution in [0.5, 0.6) is 0 Å². The first kappa shape index (κ1) is 21.5. The van der Waals surface area contributed by atoms with Gasteiger partial charge in [0.25, 0.3) is 0 Å². The van der Waals surface area contributed by atoms with E-state index >= 15 is 0 Å². The van der Waals surface area contributed by atoms with Crippen molar-refractivity contribution in [3.05, 3.63) is 76.3 Å². The number of H-pyrrole nitrogens is 1. The third-order valence-corrected chi connectivity index (χ3v) is 7.08. The molecular weight excluding hydrogens is 406 g/mol. The lowest BCUT2D eigenvalue weighted by molar-refractivity contribution is -0.914. The van der Waals surface area contributed by atoms with Crippen molar-refractivity contribution in [2.24, 2.45) is 0 Å². The maximum atomic E-state index is 9.98. The minimum absolute atomic E-state index is 0.774. The Morgan fingerprint density at radius 2 is 1.85 bits per heavy atom.